The van der Waals surface area contributed by atoms with Gasteiger partial charge in [-0.15, -0.1) is 11.3 Å². The minimum atomic E-state index is -0.182. The summed E-state index contributed by atoms with van der Waals surface area (Å²) < 4.78 is 5.47. The lowest BCUT2D eigenvalue weighted by atomic mass is 10.3. The van der Waals surface area contributed by atoms with E-state index in [2.05, 4.69) is 38.9 Å². The van der Waals surface area contributed by atoms with Gasteiger partial charge in [-0.05, 0) is 34.5 Å². The van der Waals surface area contributed by atoms with Gasteiger partial charge in [0.2, 0.25) is 0 Å². The molecule has 2 heterocycles. The van der Waals surface area contributed by atoms with Crippen molar-refractivity contribution in [3.05, 3.63) is 37.5 Å². The Morgan fingerprint density at radius 1 is 1.50 bits per heavy atom. The third-order valence-corrected chi connectivity index (χ3v) is 4.51. The molecule has 0 aliphatic heterocycles. The van der Waals surface area contributed by atoms with Crippen molar-refractivity contribution < 1.29 is 4.74 Å². The molecule has 0 saturated carbocycles. The molecule has 18 heavy (non-hydrogen) atoms. The normalized spacial score (nSPS) is 10.8. The number of halogens is 1. The zero-order chi connectivity index (χ0) is 13.1. The Balaban J connectivity index is 2.48. The van der Waals surface area contributed by atoms with Crippen molar-refractivity contribution in [1.82, 2.24) is 9.97 Å². The summed E-state index contributed by atoms with van der Waals surface area (Å²) in [7, 11) is 1.58. The molecule has 6 heteroatoms. The lowest BCUT2D eigenvalue weighted by Gasteiger charge is -2.04. The van der Waals surface area contributed by atoms with E-state index in [9.17, 15) is 4.79 Å². The molecule has 1 N–H and O–H groups in total. The van der Waals surface area contributed by atoms with E-state index in [1.54, 1.807) is 18.4 Å². The molecule has 0 spiro atoms. The van der Waals surface area contributed by atoms with Gasteiger partial charge in [-0.3, -0.25) is 4.79 Å². The van der Waals surface area contributed by atoms with Crippen molar-refractivity contribution in [2.24, 2.45) is 0 Å². The highest BCUT2D eigenvalue weighted by Crippen LogP contribution is 2.26. The lowest BCUT2D eigenvalue weighted by Crippen LogP contribution is -2.13. The number of H-pyrrole nitrogens is 1. The molecule has 2 aromatic rings. The van der Waals surface area contributed by atoms with Crippen LogP contribution in [0.3, 0.4) is 0 Å². The highest BCUT2D eigenvalue weighted by molar-refractivity contribution is 9.10. The quantitative estimate of drug-likeness (QED) is 0.938. The fourth-order valence-electron chi connectivity index (χ4n) is 1.55. The Morgan fingerprint density at radius 3 is 2.89 bits per heavy atom. The summed E-state index contributed by atoms with van der Waals surface area (Å²) in [5.74, 6) is 0.597. The smallest absolute Gasteiger partial charge is 0.265 e. The molecule has 0 aliphatic rings. The molecule has 2 rings (SSSR count). The van der Waals surface area contributed by atoms with Crippen molar-refractivity contribution in [1.29, 1.82) is 0 Å². The number of aryl methyl sites for hydroxylation is 1. The van der Waals surface area contributed by atoms with Crippen LogP contribution >= 0.6 is 27.3 Å². The van der Waals surface area contributed by atoms with Crippen LogP contribution in [0.15, 0.2) is 21.4 Å². The molecule has 0 aromatic carbocycles. The van der Waals surface area contributed by atoms with E-state index in [4.69, 9.17) is 4.74 Å². The summed E-state index contributed by atoms with van der Waals surface area (Å²) in [6.45, 7) is 2.41. The molecular formula is C12H13BrN2O2S. The van der Waals surface area contributed by atoms with Crippen LogP contribution in [-0.2, 0) is 17.8 Å². The van der Waals surface area contributed by atoms with E-state index in [0.29, 0.717) is 22.6 Å². The Hall–Kier alpha value is -0.980. The Morgan fingerprint density at radius 2 is 2.28 bits per heavy atom. The molecule has 4 nitrogen and oxygen atoms in total. The van der Waals surface area contributed by atoms with Crippen LogP contribution in [0, 0.1) is 0 Å². The molecule has 0 fully saturated rings. The van der Waals surface area contributed by atoms with Gasteiger partial charge in [-0.2, -0.15) is 0 Å². The summed E-state index contributed by atoms with van der Waals surface area (Å²) in [5, 5.41) is 0. The number of hydrogen-bond donors (Lipinski definition) is 1. The maximum atomic E-state index is 11.8. The fraction of sp³-hybridized carbons (Fsp3) is 0.333. The van der Waals surface area contributed by atoms with Gasteiger partial charge in [0.05, 0.1) is 17.2 Å². The third kappa shape index (κ3) is 2.71. The first-order valence-electron chi connectivity index (χ1n) is 5.52. The molecule has 0 aliphatic carbocycles. The monoisotopic (exact) mass is 328 g/mol. The lowest BCUT2D eigenvalue weighted by molar-refractivity contribution is 0.180. The molecular weight excluding hydrogens is 316 g/mol. The standard InChI is InChI=1S/C12H13BrN2O2S/c1-3-7-4-5-9(18-7)11-14-8(6-17-2)10(13)12(16)15-11/h4-5H,3,6H2,1-2H3,(H,14,15,16). The average molecular weight is 329 g/mol. The number of nitrogens with one attached hydrogen (secondary N) is 1. The number of ether oxygens (including phenoxy) is 1. The van der Waals surface area contributed by atoms with Gasteiger partial charge in [0.1, 0.15) is 4.47 Å². The van der Waals surface area contributed by atoms with E-state index in [1.165, 1.54) is 4.88 Å². The molecule has 0 unspecified atom stereocenters. The maximum Gasteiger partial charge on any atom is 0.265 e. The van der Waals surface area contributed by atoms with E-state index < -0.39 is 0 Å². The Kier molecular flexibility index (Phi) is 4.31. The van der Waals surface area contributed by atoms with Gasteiger partial charge in [0.15, 0.2) is 5.82 Å². The van der Waals surface area contributed by atoms with E-state index in [-0.39, 0.29) is 5.56 Å². The molecule has 0 bridgehead atoms. The molecule has 0 saturated heterocycles. The number of aromatic amines is 1. The first kappa shape index (κ1) is 13.5. The number of nitrogens with zero attached hydrogens (tertiary/aromatic N) is 1. The van der Waals surface area contributed by atoms with Crippen molar-refractivity contribution in [2.45, 2.75) is 20.0 Å². The molecule has 2 aromatic heterocycles. The minimum absolute atomic E-state index is 0.182. The molecule has 0 radical (unpaired) electrons. The number of aromatic nitrogens is 2. The van der Waals surface area contributed by atoms with Gasteiger partial charge >= 0.3 is 0 Å². The number of hydrogen-bond acceptors (Lipinski definition) is 4. The Bertz CT molecular complexity index is 606. The highest BCUT2D eigenvalue weighted by Gasteiger charge is 2.11. The fourth-order valence-corrected chi connectivity index (χ4v) is 2.74. The number of methoxy groups -OCH3 is 1. The maximum absolute atomic E-state index is 11.8. The predicted octanol–water partition coefficient (Wildman–Crippen LogP) is 2.97. The summed E-state index contributed by atoms with van der Waals surface area (Å²) in [6, 6.07) is 4.03. The predicted molar refractivity (Wildman–Crippen MR) is 76.0 cm³/mol. The van der Waals surface area contributed by atoms with Crippen LogP contribution in [0.25, 0.3) is 10.7 Å². The van der Waals surface area contributed by atoms with Gasteiger partial charge < -0.3 is 9.72 Å². The van der Waals surface area contributed by atoms with Crippen LogP contribution in [0.5, 0.6) is 0 Å². The Labute approximate surface area is 117 Å². The van der Waals surface area contributed by atoms with E-state index >= 15 is 0 Å². The highest BCUT2D eigenvalue weighted by atomic mass is 79.9. The zero-order valence-electron chi connectivity index (χ0n) is 10.1. The molecule has 0 amide bonds. The largest absolute Gasteiger partial charge is 0.378 e. The SMILES string of the molecule is CCc1ccc(-c2nc(COC)c(Br)c(=O)[nH]2)s1. The van der Waals surface area contributed by atoms with Crippen molar-refractivity contribution in [2.75, 3.05) is 7.11 Å². The average Bonchev–Trinajstić information content (AvgIpc) is 2.83. The van der Waals surface area contributed by atoms with Crippen LogP contribution in [0.4, 0.5) is 0 Å². The van der Waals surface area contributed by atoms with Gasteiger partial charge in [0, 0.05) is 12.0 Å². The van der Waals surface area contributed by atoms with E-state index in [0.717, 1.165) is 11.3 Å². The summed E-state index contributed by atoms with van der Waals surface area (Å²) in [6.07, 6.45) is 0.982. The number of thiophene rings is 1. The van der Waals surface area contributed by atoms with Gasteiger partial charge in [-0.25, -0.2) is 4.98 Å². The summed E-state index contributed by atoms with van der Waals surface area (Å²) >= 11 is 4.86. The van der Waals surface area contributed by atoms with Gasteiger partial charge in [-0.1, -0.05) is 6.92 Å². The van der Waals surface area contributed by atoms with Crippen LogP contribution in [0.2, 0.25) is 0 Å². The molecule has 96 valence electrons. The zero-order valence-corrected chi connectivity index (χ0v) is 12.5. The van der Waals surface area contributed by atoms with Gasteiger partial charge in [0.25, 0.3) is 5.56 Å². The van der Waals surface area contributed by atoms with Crippen molar-refractivity contribution in [3.8, 4) is 10.7 Å². The second-order valence-electron chi connectivity index (χ2n) is 3.73. The first-order valence-corrected chi connectivity index (χ1v) is 7.13. The third-order valence-electron chi connectivity index (χ3n) is 2.46. The van der Waals surface area contributed by atoms with Crippen LogP contribution in [-0.4, -0.2) is 17.1 Å². The number of rotatable bonds is 4. The second-order valence-corrected chi connectivity index (χ2v) is 5.69. The van der Waals surface area contributed by atoms with Crippen molar-refractivity contribution >= 4 is 27.3 Å². The summed E-state index contributed by atoms with van der Waals surface area (Å²) in [5.41, 5.74) is 0.432. The second kappa shape index (κ2) is 5.77. The van der Waals surface area contributed by atoms with Crippen LogP contribution < -0.4 is 5.56 Å². The van der Waals surface area contributed by atoms with Crippen molar-refractivity contribution in [3.63, 3.8) is 0 Å². The van der Waals surface area contributed by atoms with E-state index in [1.807, 2.05) is 6.07 Å². The topological polar surface area (TPSA) is 55.0 Å². The van der Waals surface area contributed by atoms with Crippen LogP contribution in [0.1, 0.15) is 17.5 Å². The summed E-state index contributed by atoms with van der Waals surface area (Å²) in [4.78, 5) is 21.2. The molecule has 0 atom stereocenters. The first-order chi connectivity index (χ1) is 8.65. The minimum Gasteiger partial charge on any atom is -0.378 e.